The SMILES string of the molecule is CCCOc1ccc([C@H]2C(=O)N(C3CCCCCC3)CC(=O)N2Cc2ccco2)cc1OC. The molecule has 2 fully saturated rings. The summed E-state index contributed by atoms with van der Waals surface area (Å²) in [7, 11) is 1.59. The van der Waals surface area contributed by atoms with E-state index in [-0.39, 0.29) is 30.9 Å². The molecule has 4 rings (SSSR count). The Morgan fingerprint density at radius 1 is 1.06 bits per heavy atom. The summed E-state index contributed by atoms with van der Waals surface area (Å²) >= 11 is 0. The normalized spacial score (nSPS) is 20.1. The van der Waals surface area contributed by atoms with E-state index >= 15 is 0 Å². The van der Waals surface area contributed by atoms with Crippen LogP contribution in [0.5, 0.6) is 11.5 Å². The van der Waals surface area contributed by atoms with E-state index in [4.69, 9.17) is 13.9 Å². The van der Waals surface area contributed by atoms with E-state index in [0.717, 1.165) is 37.7 Å². The summed E-state index contributed by atoms with van der Waals surface area (Å²) in [6.45, 7) is 2.99. The van der Waals surface area contributed by atoms with Crippen molar-refractivity contribution in [1.29, 1.82) is 0 Å². The van der Waals surface area contributed by atoms with E-state index in [1.54, 1.807) is 24.3 Å². The van der Waals surface area contributed by atoms with Crippen LogP contribution in [0, 0.1) is 0 Å². The minimum Gasteiger partial charge on any atom is -0.493 e. The van der Waals surface area contributed by atoms with Crippen LogP contribution < -0.4 is 9.47 Å². The average molecular weight is 455 g/mol. The number of benzene rings is 1. The van der Waals surface area contributed by atoms with Gasteiger partial charge in [0.2, 0.25) is 5.91 Å². The highest BCUT2D eigenvalue weighted by molar-refractivity contribution is 5.95. The Morgan fingerprint density at radius 3 is 2.52 bits per heavy atom. The lowest BCUT2D eigenvalue weighted by Crippen LogP contribution is -2.57. The molecule has 2 amide bonds. The van der Waals surface area contributed by atoms with Gasteiger partial charge in [-0.1, -0.05) is 38.7 Å². The number of hydrogen-bond acceptors (Lipinski definition) is 5. The van der Waals surface area contributed by atoms with Crippen molar-refractivity contribution in [3.05, 3.63) is 47.9 Å². The molecule has 2 heterocycles. The third-order valence-corrected chi connectivity index (χ3v) is 6.59. The van der Waals surface area contributed by atoms with Crippen molar-refractivity contribution in [3.8, 4) is 11.5 Å². The Balaban J connectivity index is 1.68. The standard InChI is InChI=1S/C26H34N2O5/c1-3-14-33-22-13-12-19(16-23(22)31-2)25-26(30)27(20-9-6-4-5-7-10-20)18-24(29)28(25)17-21-11-8-15-32-21/h8,11-13,15-16,20,25H,3-7,9-10,14,17-18H2,1-2H3/t25-/m0/s1. The molecule has 0 spiro atoms. The highest BCUT2D eigenvalue weighted by Gasteiger charge is 2.43. The highest BCUT2D eigenvalue weighted by Crippen LogP contribution is 2.37. The second-order valence-corrected chi connectivity index (χ2v) is 8.87. The molecule has 0 radical (unpaired) electrons. The molecule has 1 aromatic heterocycles. The van der Waals surface area contributed by atoms with Crippen LogP contribution in [0.4, 0.5) is 0 Å². The minimum atomic E-state index is -0.728. The van der Waals surface area contributed by atoms with Gasteiger partial charge in [0.1, 0.15) is 18.3 Å². The van der Waals surface area contributed by atoms with Gasteiger partial charge in [0.25, 0.3) is 5.91 Å². The summed E-state index contributed by atoms with van der Waals surface area (Å²) in [5.41, 5.74) is 0.721. The van der Waals surface area contributed by atoms with E-state index in [1.165, 1.54) is 12.8 Å². The first-order chi connectivity index (χ1) is 16.1. The van der Waals surface area contributed by atoms with E-state index in [2.05, 4.69) is 0 Å². The molecular formula is C26H34N2O5. The molecular weight excluding hydrogens is 420 g/mol. The zero-order chi connectivity index (χ0) is 23.2. The molecule has 1 saturated carbocycles. The summed E-state index contributed by atoms with van der Waals surface area (Å²) in [6.07, 6.45) is 8.96. The van der Waals surface area contributed by atoms with Crippen LogP contribution in [0.3, 0.4) is 0 Å². The second-order valence-electron chi connectivity index (χ2n) is 8.87. The second kappa shape index (κ2) is 10.8. The Morgan fingerprint density at radius 2 is 1.85 bits per heavy atom. The summed E-state index contributed by atoms with van der Waals surface area (Å²) in [5.74, 6) is 1.75. The number of hydrogen-bond donors (Lipinski definition) is 0. The number of nitrogens with zero attached hydrogens (tertiary/aromatic N) is 2. The van der Waals surface area contributed by atoms with Gasteiger partial charge < -0.3 is 23.7 Å². The lowest BCUT2D eigenvalue weighted by Gasteiger charge is -2.43. The molecule has 1 aliphatic carbocycles. The lowest BCUT2D eigenvalue weighted by atomic mass is 9.97. The smallest absolute Gasteiger partial charge is 0.250 e. The first kappa shape index (κ1) is 23.2. The van der Waals surface area contributed by atoms with Crippen LogP contribution in [0.25, 0.3) is 0 Å². The van der Waals surface area contributed by atoms with Crippen molar-refractivity contribution >= 4 is 11.8 Å². The fourth-order valence-corrected chi connectivity index (χ4v) is 4.89. The van der Waals surface area contributed by atoms with Crippen molar-refractivity contribution in [2.75, 3.05) is 20.3 Å². The first-order valence-electron chi connectivity index (χ1n) is 12.1. The minimum absolute atomic E-state index is 0.0302. The number of amides is 2. The van der Waals surface area contributed by atoms with E-state index in [0.29, 0.717) is 23.9 Å². The highest BCUT2D eigenvalue weighted by atomic mass is 16.5. The number of rotatable bonds is 8. The number of carbonyl (C=O) groups excluding carboxylic acids is 2. The molecule has 33 heavy (non-hydrogen) atoms. The molecule has 2 aliphatic rings. The summed E-state index contributed by atoms with van der Waals surface area (Å²) in [4.78, 5) is 30.8. The summed E-state index contributed by atoms with van der Waals surface area (Å²) < 4.78 is 16.9. The molecule has 7 nitrogen and oxygen atoms in total. The number of methoxy groups -OCH3 is 1. The average Bonchev–Trinajstić information content (AvgIpc) is 3.19. The van der Waals surface area contributed by atoms with Crippen LogP contribution in [0.1, 0.15) is 69.2 Å². The molecule has 0 bridgehead atoms. The Kier molecular flexibility index (Phi) is 7.57. The molecule has 0 N–H and O–H groups in total. The molecule has 1 atom stereocenters. The Bertz CT molecular complexity index is 934. The van der Waals surface area contributed by atoms with Crippen LogP contribution in [0.15, 0.2) is 41.0 Å². The van der Waals surface area contributed by atoms with Crippen LogP contribution in [-0.4, -0.2) is 47.9 Å². The third-order valence-electron chi connectivity index (χ3n) is 6.59. The summed E-state index contributed by atoms with van der Waals surface area (Å²) in [5, 5.41) is 0. The van der Waals surface area contributed by atoms with E-state index in [9.17, 15) is 9.59 Å². The monoisotopic (exact) mass is 454 g/mol. The van der Waals surface area contributed by atoms with Gasteiger partial charge in [-0.25, -0.2) is 0 Å². The van der Waals surface area contributed by atoms with Gasteiger partial charge in [0, 0.05) is 6.04 Å². The van der Waals surface area contributed by atoms with E-state index < -0.39 is 6.04 Å². The molecule has 1 aromatic carbocycles. The van der Waals surface area contributed by atoms with Gasteiger partial charge in [-0.3, -0.25) is 9.59 Å². The van der Waals surface area contributed by atoms with Crippen LogP contribution in [-0.2, 0) is 16.1 Å². The van der Waals surface area contributed by atoms with Gasteiger partial charge in [0.05, 0.1) is 26.5 Å². The third kappa shape index (κ3) is 5.18. The molecule has 7 heteroatoms. The van der Waals surface area contributed by atoms with Gasteiger partial charge >= 0.3 is 0 Å². The Labute approximate surface area is 195 Å². The molecule has 1 saturated heterocycles. The fourth-order valence-electron chi connectivity index (χ4n) is 4.89. The van der Waals surface area contributed by atoms with Crippen molar-refractivity contribution < 1.29 is 23.5 Å². The van der Waals surface area contributed by atoms with Gasteiger partial charge in [-0.15, -0.1) is 0 Å². The number of furan rings is 1. The van der Waals surface area contributed by atoms with Crippen molar-refractivity contribution in [3.63, 3.8) is 0 Å². The van der Waals surface area contributed by atoms with Crippen LogP contribution in [0.2, 0.25) is 0 Å². The summed E-state index contributed by atoms with van der Waals surface area (Å²) in [6, 6.07) is 8.54. The number of carbonyl (C=O) groups is 2. The fraction of sp³-hybridized carbons (Fsp3) is 0.538. The number of ether oxygens (including phenoxy) is 2. The maximum atomic E-state index is 13.9. The van der Waals surface area contributed by atoms with Crippen molar-refractivity contribution in [2.24, 2.45) is 0 Å². The number of piperazine rings is 1. The largest absolute Gasteiger partial charge is 0.493 e. The Hall–Kier alpha value is -2.96. The first-order valence-corrected chi connectivity index (χ1v) is 12.1. The zero-order valence-corrected chi connectivity index (χ0v) is 19.6. The molecule has 2 aromatic rings. The topological polar surface area (TPSA) is 72.2 Å². The lowest BCUT2D eigenvalue weighted by molar-refractivity contribution is -0.159. The zero-order valence-electron chi connectivity index (χ0n) is 19.6. The maximum absolute atomic E-state index is 13.9. The quantitative estimate of drug-likeness (QED) is 0.540. The molecule has 178 valence electrons. The van der Waals surface area contributed by atoms with Crippen molar-refractivity contribution in [1.82, 2.24) is 9.80 Å². The maximum Gasteiger partial charge on any atom is 0.250 e. The molecule has 0 unspecified atom stereocenters. The van der Waals surface area contributed by atoms with Crippen LogP contribution >= 0.6 is 0 Å². The van der Waals surface area contributed by atoms with Gasteiger partial charge in [-0.2, -0.15) is 0 Å². The van der Waals surface area contributed by atoms with Crippen molar-refractivity contribution in [2.45, 2.75) is 70.5 Å². The van der Waals surface area contributed by atoms with Gasteiger partial charge in [0.15, 0.2) is 11.5 Å². The van der Waals surface area contributed by atoms with E-state index in [1.807, 2.05) is 36.1 Å². The molecule has 1 aliphatic heterocycles. The predicted octanol–water partition coefficient (Wildman–Crippen LogP) is 4.71. The van der Waals surface area contributed by atoms with Gasteiger partial charge in [-0.05, 0) is 49.1 Å². The predicted molar refractivity (Wildman–Crippen MR) is 124 cm³/mol.